The first-order valence-electron chi connectivity index (χ1n) is 18.6. The van der Waals surface area contributed by atoms with Crippen molar-refractivity contribution in [3.8, 4) is 0 Å². The average Bonchev–Trinajstić information content (AvgIpc) is 4.09. The summed E-state index contributed by atoms with van der Waals surface area (Å²) in [6.07, 6.45) is 6.39. The third-order valence-corrected chi connectivity index (χ3v) is 13.9. The Morgan fingerprint density at radius 1 is 0.981 bits per heavy atom. The van der Waals surface area contributed by atoms with Crippen molar-refractivity contribution in [2.24, 2.45) is 5.92 Å². The fraction of sp³-hybridized carbons (Fsp3) is 0.405. The zero-order chi connectivity index (χ0) is 37.7. The van der Waals surface area contributed by atoms with Crippen LogP contribution in [0.15, 0.2) is 95.2 Å². The Kier molecular flexibility index (Phi) is 9.85. The number of nitrogens with one attached hydrogen (secondary N) is 1. The average molecular weight is 769 g/mol. The highest BCUT2D eigenvalue weighted by atomic mass is 32.2. The van der Waals surface area contributed by atoms with Crippen LogP contribution in [-0.4, -0.2) is 48.0 Å². The van der Waals surface area contributed by atoms with E-state index in [9.17, 15) is 23.1 Å². The predicted molar refractivity (Wildman–Crippen MR) is 204 cm³/mol. The van der Waals surface area contributed by atoms with Crippen LogP contribution in [0, 0.1) is 5.92 Å². The van der Waals surface area contributed by atoms with E-state index in [1.54, 1.807) is 17.5 Å². The Morgan fingerprint density at radius 2 is 1.63 bits per heavy atom. The molecule has 1 spiro atoms. The van der Waals surface area contributed by atoms with Crippen molar-refractivity contribution in [3.05, 3.63) is 118 Å². The molecule has 4 fully saturated rings. The Balaban J connectivity index is 1.11. The smallest absolute Gasteiger partial charge is 0.302 e. The summed E-state index contributed by atoms with van der Waals surface area (Å²) in [4.78, 5) is 30.6. The summed E-state index contributed by atoms with van der Waals surface area (Å²) >= 11 is 1.15. The maximum Gasteiger partial charge on any atom is 0.302 e. The zero-order valence-electron chi connectivity index (χ0n) is 30.3. The van der Waals surface area contributed by atoms with E-state index >= 15 is 0 Å². The highest BCUT2D eigenvalue weighted by Crippen LogP contribution is 2.55. The lowest BCUT2D eigenvalue weighted by Gasteiger charge is -2.23. The summed E-state index contributed by atoms with van der Waals surface area (Å²) in [5.74, 6) is -1.74. The van der Waals surface area contributed by atoms with E-state index < -0.39 is 33.1 Å². The predicted octanol–water partition coefficient (Wildman–Crippen LogP) is 7.78. The summed E-state index contributed by atoms with van der Waals surface area (Å²) in [6.45, 7) is 2.47. The molecule has 2 N–H and O–H groups in total. The lowest BCUT2D eigenvalue weighted by Crippen LogP contribution is -2.29. The number of ether oxygens (including phenoxy) is 3. The van der Waals surface area contributed by atoms with Gasteiger partial charge in [0.2, 0.25) is 0 Å². The topological polar surface area (TPSA) is 141 Å². The molecular weight excluding hydrogens is 725 g/mol. The Morgan fingerprint density at radius 3 is 2.22 bits per heavy atom. The van der Waals surface area contributed by atoms with Gasteiger partial charge in [-0.3, -0.25) is 14.9 Å². The van der Waals surface area contributed by atoms with Crippen molar-refractivity contribution >= 4 is 43.8 Å². The largest absolute Gasteiger partial charge is 0.462 e. The molecule has 1 aliphatic heterocycles. The number of carbonyl (C=O) groups excluding carboxylic acids is 2. The fourth-order valence-corrected chi connectivity index (χ4v) is 10.4. The Labute approximate surface area is 319 Å². The fourth-order valence-electron chi connectivity index (χ4n) is 7.59. The summed E-state index contributed by atoms with van der Waals surface area (Å²) < 4.78 is 45.7. The van der Waals surface area contributed by atoms with Crippen molar-refractivity contribution in [2.75, 3.05) is 11.9 Å². The molecule has 1 amide bonds. The summed E-state index contributed by atoms with van der Waals surface area (Å²) in [6, 6.07) is 25.5. The van der Waals surface area contributed by atoms with Gasteiger partial charge < -0.3 is 19.3 Å². The lowest BCUT2D eigenvalue weighted by molar-refractivity contribution is -0.172. The van der Waals surface area contributed by atoms with Gasteiger partial charge in [0.05, 0.1) is 15.8 Å². The minimum Gasteiger partial charge on any atom is -0.462 e. The SMILES string of the molecule is CC(=O)OCC(C)(O)c1csc(NC(=O)C(=C[C@H]2CCC3(C2)O[C@H](c2ccccc2)[C@@H](c2ccccc2)O3)c2ccc(S(=O)(=O)C3CC3)c(C3CC3)c2)n1. The van der Waals surface area contributed by atoms with Crippen molar-refractivity contribution in [1.82, 2.24) is 4.98 Å². The summed E-state index contributed by atoms with van der Waals surface area (Å²) in [5.41, 5.74) is 2.57. The number of allylic oxidation sites excluding steroid dienone is 1. The van der Waals surface area contributed by atoms with Crippen LogP contribution in [0.3, 0.4) is 0 Å². The van der Waals surface area contributed by atoms with Crippen molar-refractivity contribution in [1.29, 1.82) is 0 Å². The second-order valence-electron chi connectivity index (χ2n) is 15.2. The van der Waals surface area contributed by atoms with E-state index in [4.69, 9.17) is 14.2 Å². The molecule has 3 aromatic carbocycles. The van der Waals surface area contributed by atoms with Crippen LogP contribution in [0.1, 0.15) is 105 Å². The van der Waals surface area contributed by atoms with Crippen LogP contribution in [0.5, 0.6) is 0 Å². The van der Waals surface area contributed by atoms with Gasteiger partial charge in [-0.05, 0) is 85.3 Å². The molecule has 3 aliphatic carbocycles. The molecule has 0 bridgehead atoms. The van der Waals surface area contributed by atoms with Crippen molar-refractivity contribution in [3.63, 3.8) is 0 Å². The number of aromatic nitrogens is 1. The molecule has 54 heavy (non-hydrogen) atoms. The van der Waals surface area contributed by atoms with E-state index in [0.717, 1.165) is 40.9 Å². The van der Waals surface area contributed by atoms with Gasteiger partial charge in [-0.25, -0.2) is 13.4 Å². The number of anilines is 1. The van der Waals surface area contributed by atoms with E-state index in [2.05, 4.69) is 34.6 Å². The molecule has 1 unspecified atom stereocenters. The highest BCUT2D eigenvalue weighted by Gasteiger charge is 2.52. The second-order valence-corrected chi connectivity index (χ2v) is 18.3. The number of thiazole rings is 1. The van der Waals surface area contributed by atoms with Crippen LogP contribution in [-0.2, 0) is 39.2 Å². The Hall–Kier alpha value is -4.20. The minimum atomic E-state index is -3.44. The van der Waals surface area contributed by atoms with Crippen LogP contribution in [0.25, 0.3) is 5.57 Å². The summed E-state index contributed by atoms with van der Waals surface area (Å²) in [5, 5.41) is 15.4. The number of benzene rings is 3. The van der Waals surface area contributed by atoms with Crippen molar-refractivity contribution in [2.45, 2.75) is 98.5 Å². The van der Waals surface area contributed by atoms with Gasteiger partial charge in [0, 0.05) is 30.7 Å². The molecule has 4 aliphatic rings. The molecule has 1 aromatic heterocycles. The zero-order valence-corrected chi connectivity index (χ0v) is 31.9. The number of carbonyl (C=O) groups is 2. The molecule has 0 radical (unpaired) electrons. The second kappa shape index (κ2) is 14.5. The molecule has 4 aromatic rings. The van der Waals surface area contributed by atoms with E-state index in [0.29, 0.717) is 48.1 Å². The first kappa shape index (κ1) is 36.8. The van der Waals surface area contributed by atoms with Gasteiger partial charge in [-0.1, -0.05) is 72.8 Å². The molecule has 3 saturated carbocycles. The maximum absolute atomic E-state index is 14.3. The molecule has 4 atom stereocenters. The number of amides is 1. The number of hydrogen-bond acceptors (Lipinski definition) is 10. The maximum atomic E-state index is 14.3. The number of rotatable bonds is 12. The molecule has 1 saturated heterocycles. The van der Waals surface area contributed by atoms with Gasteiger partial charge >= 0.3 is 5.97 Å². The van der Waals surface area contributed by atoms with Gasteiger partial charge in [0.15, 0.2) is 20.8 Å². The van der Waals surface area contributed by atoms with Crippen LogP contribution < -0.4 is 5.32 Å². The van der Waals surface area contributed by atoms with Gasteiger partial charge in [0.25, 0.3) is 5.91 Å². The first-order valence-corrected chi connectivity index (χ1v) is 21.0. The third kappa shape index (κ3) is 7.67. The number of esters is 1. The number of hydrogen-bond donors (Lipinski definition) is 2. The van der Waals surface area contributed by atoms with Crippen LogP contribution in [0.4, 0.5) is 5.13 Å². The molecule has 10 nitrogen and oxygen atoms in total. The van der Waals surface area contributed by atoms with Crippen LogP contribution >= 0.6 is 11.3 Å². The first-order chi connectivity index (χ1) is 25.9. The normalized spacial score (nSPS) is 23.6. The monoisotopic (exact) mass is 768 g/mol. The quantitative estimate of drug-likeness (QED) is 0.109. The van der Waals surface area contributed by atoms with E-state index in [1.165, 1.54) is 13.8 Å². The van der Waals surface area contributed by atoms with Gasteiger partial charge in [-0.15, -0.1) is 11.3 Å². The van der Waals surface area contributed by atoms with E-state index in [1.807, 2.05) is 48.5 Å². The van der Waals surface area contributed by atoms with Crippen LogP contribution in [0.2, 0.25) is 0 Å². The molecular formula is C42H44N2O8S2. The molecule has 8 rings (SSSR count). The molecule has 2 heterocycles. The summed E-state index contributed by atoms with van der Waals surface area (Å²) in [7, 11) is -3.44. The molecule has 12 heteroatoms. The lowest BCUT2D eigenvalue weighted by atomic mass is 9.95. The van der Waals surface area contributed by atoms with Crippen molar-refractivity contribution < 1.29 is 37.3 Å². The number of aliphatic hydroxyl groups is 1. The van der Waals surface area contributed by atoms with Gasteiger partial charge in [0.1, 0.15) is 24.4 Å². The standard InChI is InChI=1S/C42H44N2O8S2/c1-26(45)50-25-41(2,47)36-24-53-40(43-36)44-39(46)34(31-15-18-35(33(22-31)28-13-14-28)54(48,49)32-16-17-32)21-27-19-20-42(23-27)51-37(29-9-5-3-6-10-29)38(52-42)30-11-7-4-8-12-30/h3-12,15,18,21-22,24,27-28,32,37-38,47H,13-14,16-17,19-20,23,25H2,1-2H3,(H,43,44,46)/t27-,37-,38-,41?/m1/s1. The Bertz CT molecular complexity index is 2130. The minimum absolute atomic E-state index is 0.0905. The van der Waals surface area contributed by atoms with Gasteiger partial charge in [-0.2, -0.15) is 0 Å². The molecule has 282 valence electrons. The number of nitrogens with zero attached hydrogens (tertiary/aromatic N) is 1. The third-order valence-electron chi connectivity index (χ3n) is 10.8. The number of sulfone groups is 1. The highest BCUT2D eigenvalue weighted by molar-refractivity contribution is 7.92. The van der Waals surface area contributed by atoms with E-state index in [-0.39, 0.29) is 46.7 Å².